The van der Waals surface area contributed by atoms with Gasteiger partial charge < -0.3 is 15.8 Å². The number of ether oxygens (including phenoxy) is 1. The second kappa shape index (κ2) is 7.07. The topological polar surface area (TPSA) is 90.1 Å². The first-order chi connectivity index (χ1) is 13.2. The third-order valence-electron chi connectivity index (χ3n) is 4.79. The van der Waals surface area contributed by atoms with Crippen LogP contribution in [-0.4, -0.2) is 22.9 Å². The van der Waals surface area contributed by atoms with Crippen LogP contribution in [0.2, 0.25) is 0 Å². The van der Waals surface area contributed by atoms with Crippen molar-refractivity contribution in [3.63, 3.8) is 0 Å². The van der Waals surface area contributed by atoms with Gasteiger partial charge in [-0.05, 0) is 30.0 Å². The van der Waals surface area contributed by atoms with Crippen molar-refractivity contribution in [1.82, 2.24) is 9.97 Å². The Hall–Kier alpha value is -3.41. The number of nitrogens with two attached hydrogens (primary N) is 1. The molecule has 0 saturated carbocycles. The Balaban J connectivity index is 1.68. The zero-order chi connectivity index (χ0) is 18.8. The summed E-state index contributed by atoms with van der Waals surface area (Å²) in [6, 6.07) is 17.5. The van der Waals surface area contributed by atoms with Gasteiger partial charge in [-0.1, -0.05) is 42.5 Å². The molecule has 1 aliphatic rings. The van der Waals surface area contributed by atoms with Gasteiger partial charge in [0, 0.05) is 6.42 Å². The van der Waals surface area contributed by atoms with E-state index < -0.39 is 0 Å². The van der Waals surface area contributed by atoms with Gasteiger partial charge in [0.1, 0.15) is 11.6 Å². The number of ketones is 1. The molecule has 4 rings (SSSR count). The predicted octanol–water partition coefficient (Wildman–Crippen LogP) is 3.72. The molecule has 0 bridgehead atoms. The molecule has 2 aromatic carbocycles. The van der Waals surface area contributed by atoms with Crippen LogP contribution in [0.25, 0.3) is 0 Å². The number of carbonyl (C=O) groups is 1. The summed E-state index contributed by atoms with van der Waals surface area (Å²) in [7, 11) is 1.60. The van der Waals surface area contributed by atoms with E-state index in [0.717, 1.165) is 11.3 Å². The number of aromatic nitrogens is 2. The molecular weight excluding hydrogens is 340 g/mol. The van der Waals surface area contributed by atoms with Crippen molar-refractivity contribution < 1.29 is 9.53 Å². The molecule has 1 heterocycles. The number of hydrogen-bond donors (Lipinski definition) is 2. The average molecular weight is 360 g/mol. The first kappa shape index (κ1) is 17.0. The number of carbonyl (C=O) groups excluding carboxylic acids is 1. The smallest absolute Gasteiger partial charge is 0.229 e. The number of nitrogens with zero attached hydrogens (tertiary/aromatic N) is 2. The molecule has 136 valence electrons. The van der Waals surface area contributed by atoms with E-state index in [1.807, 2.05) is 54.6 Å². The van der Waals surface area contributed by atoms with Crippen molar-refractivity contribution in [1.29, 1.82) is 0 Å². The summed E-state index contributed by atoms with van der Waals surface area (Å²) >= 11 is 0. The molecule has 0 fully saturated rings. The number of methoxy groups -OCH3 is 1. The number of rotatable bonds is 4. The monoisotopic (exact) mass is 360 g/mol. The van der Waals surface area contributed by atoms with Crippen molar-refractivity contribution in [2.24, 2.45) is 0 Å². The lowest BCUT2D eigenvalue weighted by molar-refractivity contribution is 0.0964. The van der Waals surface area contributed by atoms with Gasteiger partial charge in [0.25, 0.3) is 0 Å². The molecule has 3 N–H and O–H groups in total. The average Bonchev–Trinajstić information content (AvgIpc) is 2.68. The maximum absolute atomic E-state index is 12.7. The van der Waals surface area contributed by atoms with Crippen molar-refractivity contribution >= 4 is 23.2 Å². The molecule has 1 atom stereocenters. The molecule has 0 saturated heterocycles. The van der Waals surface area contributed by atoms with E-state index in [1.54, 1.807) is 7.11 Å². The number of benzene rings is 2. The molecule has 0 aliphatic heterocycles. The zero-order valence-electron chi connectivity index (χ0n) is 15.0. The molecule has 1 aliphatic carbocycles. The Morgan fingerprint density at radius 2 is 1.78 bits per heavy atom. The van der Waals surface area contributed by atoms with Gasteiger partial charge in [0.15, 0.2) is 5.78 Å². The molecular formula is C21H20N4O2. The maximum atomic E-state index is 12.7. The fraction of sp³-hybridized carbons (Fsp3) is 0.190. The van der Waals surface area contributed by atoms with Crippen molar-refractivity contribution in [3.05, 3.63) is 71.4 Å². The molecule has 0 spiro atoms. The molecule has 6 heteroatoms. The Morgan fingerprint density at radius 1 is 1.04 bits per heavy atom. The first-order valence-corrected chi connectivity index (χ1v) is 8.80. The molecule has 1 aromatic heterocycles. The quantitative estimate of drug-likeness (QED) is 0.737. The van der Waals surface area contributed by atoms with E-state index in [9.17, 15) is 4.79 Å². The van der Waals surface area contributed by atoms with Gasteiger partial charge in [-0.25, -0.2) is 4.98 Å². The van der Waals surface area contributed by atoms with Gasteiger partial charge >= 0.3 is 0 Å². The van der Waals surface area contributed by atoms with E-state index in [2.05, 4.69) is 15.3 Å². The highest BCUT2D eigenvalue weighted by Gasteiger charge is 2.30. The number of fused-ring (bicyclic) bond motifs is 1. The minimum Gasteiger partial charge on any atom is -0.495 e. The summed E-state index contributed by atoms with van der Waals surface area (Å²) in [6.07, 6.45) is 1.07. The van der Waals surface area contributed by atoms with Crippen molar-refractivity contribution in [2.75, 3.05) is 18.2 Å². The van der Waals surface area contributed by atoms with Gasteiger partial charge in [-0.15, -0.1) is 0 Å². The number of Topliss-reactive ketones (excluding diaryl/α,β-unsaturated/α-hetero) is 1. The van der Waals surface area contributed by atoms with Crippen LogP contribution in [0.3, 0.4) is 0 Å². The third-order valence-corrected chi connectivity index (χ3v) is 4.79. The molecule has 27 heavy (non-hydrogen) atoms. The highest BCUT2D eigenvalue weighted by molar-refractivity contribution is 6.02. The standard InChI is InChI=1S/C21H20N4O2/c1-27-18-10-6-5-9-15(18)23-21-24-16-11-14(13-7-3-2-4-8-13)12-17(26)19(16)20(22)25-21/h2-10,14H,11-12H2,1H3,(H3,22,23,24,25). The summed E-state index contributed by atoms with van der Waals surface area (Å²) in [5.41, 5.74) is 9.10. The molecule has 0 radical (unpaired) electrons. The van der Waals surface area contributed by atoms with E-state index in [-0.39, 0.29) is 17.5 Å². The number of nitrogens with one attached hydrogen (secondary N) is 1. The van der Waals surface area contributed by atoms with Gasteiger partial charge in [-0.3, -0.25) is 4.79 Å². The summed E-state index contributed by atoms with van der Waals surface area (Å²) in [5.74, 6) is 1.34. The normalized spacial score (nSPS) is 15.9. The largest absolute Gasteiger partial charge is 0.495 e. The van der Waals surface area contributed by atoms with Crippen LogP contribution >= 0.6 is 0 Å². The first-order valence-electron chi connectivity index (χ1n) is 8.80. The Morgan fingerprint density at radius 3 is 2.56 bits per heavy atom. The Kier molecular flexibility index (Phi) is 4.46. The van der Waals surface area contributed by atoms with Crippen LogP contribution in [0.5, 0.6) is 5.75 Å². The number of anilines is 3. The van der Waals surface area contributed by atoms with Crippen LogP contribution in [0.4, 0.5) is 17.5 Å². The predicted molar refractivity (Wildman–Crippen MR) is 105 cm³/mol. The maximum Gasteiger partial charge on any atom is 0.229 e. The van der Waals surface area contributed by atoms with E-state index in [1.165, 1.54) is 0 Å². The summed E-state index contributed by atoms with van der Waals surface area (Å²) < 4.78 is 5.35. The SMILES string of the molecule is COc1ccccc1Nc1nc(N)c2c(n1)CC(c1ccccc1)CC2=O. The lowest BCUT2D eigenvalue weighted by Gasteiger charge is -2.24. The van der Waals surface area contributed by atoms with Crippen LogP contribution in [0.15, 0.2) is 54.6 Å². The van der Waals surface area contributed by atoms with E-state index in [0.29, 0.717) is 35.8 Å². The van der Waals surface area contributed by atoms with E-state index in [4.69, 9.17) is 10.5 Å². The molecule has 0 amide bonds. The van der Waals surface area contributed by atoms with Gasteiger partial charge in [0.2, 0.25) is 5.95 Å². The molecule has 1 unspecified atom stereocenters. The van der Waals surface area contributed by atoms with Crippen molar-refractivity contribution in [3.8, 4) is 5.75 Å². The molecule has 3 aromatic rings. The number of hydrogen-bond acceptors (Lipinski definition) is 6. The third kappa shape index (κ3) is 3.33. The van der Waals surface area contributed by atoms with Crippen LogP contribution in [0, 0.1) is 0 Å². The summed E-state index contributed by atoms with van der Waals surface area (Å²) in [5, 5.41) is 3.15. The summed E-state index contributed by atoms with van der Waals surface area (Å²) in [6.45, 7) is 0. The number of para-hydroxylation sites is 2. The van der Waals surface area contributed by atoms with Crippen LogP contribution < -0.4 is 15.8 Å². The fourth-order valence-corrected chi connectivity index (χ4v) is 3.49. The number of nitrogen functional groups attached to an aromatic ring is 1. The minimum absolute atomic E-state index is 0.00792. The lowest BCUT2D eigenvalue weighted by atomic mass is 9.82. The second-order valence-electron chi connectivity index (χ2n) is 6.52. The zero-order valence-corrected chi connectivity index (χ0v) is 15.0. The Bertz CT molecular complexity index is 989. The highest BCUT2D eigenvalue weighted by atomic mass is 16.5. The summed E-state index contributed by atoms with van der Waals surface area (Å²) in [4.78, 5) is 21.5. The lowest BCUT2D eigenvalue weighted by Crippen LogP contribution is -2.23. The van der Waals surface area contributed by atoms with E-state index >= 15 is 0 Å². The minimum atomic E-state index is -0.00792. The van der Waals surface area contributed by atoms with Gasteiger partial charge in [0.05, 0.1) is 24.1 Å². The fourth-order valence-electron chi connectivity index (χ4n) is 3.49. The highest BCUT2D eigenvalue weighted by Crippen LogP contribution is 2.35. The van der Waals surface area contributed by atoms with Crippen LogP contribution in [-0.2, 0) is 6.42 Å². The Labute approximate surface area is 157 Å². The molecule has 6 nitrogen and oxygen atoms in total. The van der Waals surface area contributed by atoms with Crippen LogP contribution in [0.1, 0.15) is 34.0 Å². The second-order valence-corrected chi connectivity index (χ2v) is 6.52. The van der Waals surface area contributed by atoms with Crippen molar-refractivity contribution in [2.45, 2.75) is 18.8 Å². The van der Waals surface area contributed by atoms with Gasteiger partial charge in [-0.2, -0.15) is 4.98 Å².